The first-order chi connectivity index (χ1) is 8.06. The van der Waals surface area contributed by atoms with Crippen LogP contribution in [0.5, 0.6) is 5.88 Å². The first kappa shape index (κ1) is 12.1. The van der Waals surface area contributed by atoms with E-state index < -0.39 is 4.92 Å². The molecule has 0 radical (unpaired) electrons. The van der Waals surface area contributed by atoms with Gasteiger partial charge in [-0.1, -0.05) is 11.6 Å². The summed E-state index contributed by atoms with van der Waals surface area (Å²) >= 11 is 5.87. The molecule has 0 aliphatic heterocycles. The molecule has 2 rings (SSSR count). The Bertz CT molecular complexity index is 441. The maximum atomic E-state index is 10.5. The minimum absolute atomic E-state index is 0.00328. The molecular formula is C10H12ClN3O3. The Kier molecular flexibility index (Phi) is 3.44. The fourth-order valence-electron chi connectivity index (χ4n) is 1.84. The molecule has 0 saturated heterocycles. The Morgan fingerprint density at radius 3 is 2.88 bits per heavy atom. The highest BCUT2D eigenvalue weighted by Gasteiger charge is 2.24. The molecule has 7 heteroatoms. The van der Waals surface area contributed by atoms with Crippen LogP contribution in [0.15, 0.2) is 12.3 Å². The summed E-state index contributed by atoms with van der Waals surface area (Å²) in [5.74, 6) is 0.233. The van der Waals surface area contributed by atoms with Crippen molar-refractivity contribution in [1.82, 2.24) is 4.98 Å². The van der Waals surface area contributed by atoms with Gasteiger partial charge in [-0.05, 0) is 19.3 Å². The Morgan fingerprint density at radius 1 is 1.59 bits per heavy atom. The molecule has 0 spiro atoms. The predicted octanol–water partition coefficient (Wildman–Crippen LogP) is 1.90. The number of hydrogen-bond acceptors (Lipinski definition) is 5. The molecule has 2 atom stereocenters. The average Bonchev–Trinajstić information content (AvgIpc) is 2.67. The van der Waals surface area contributed by atoms with Gasteiger partial charge in [0.15, 0.2) is 0 Å². The third-order valence-electron chi connectivity index (χ3n) is 2.71. The fraction of sp³-hybridized carbons (Fsp3) is 0.500. The van der Waals surface area contributed by atoms with Crippen LogP contribution in [0.4, 0.5) is 5.69 Å². The van der Waals surface area contributed by atoms with Crippen molar-refractivity contribution in [2.45, 2.75) is 31.4 Å². The highest BCUT2D eigenvalue weighted by Crippen LogP contribution is 2.29. The van der Waals surface area contributed by atoms with Gasteiger partial charge in [-0.15, -0.1) is 0 Å². The van der Waals surface area contributed by atoms with Crippen molar-refractivity contribution in [3.8, 4) is 5.88 Å². The van der Waals surface area contributed by atoms with E-state index in [-0.39, 0.29) is 28.7 Å². The number of nitrogens with zero attached hydrogens (tertiary/aromatic N) is 2. The van der Waals surface area contributed by atoms with Gasteiger partial charge < -0.3 is 10.5 Å². The minimum Gasteiger partial charge on any atom is -0.473 e. The number of halogens is 1. The van der Waals surface area contributed by atoms with Gasteiger partial charge in [-0.25, -0.2) is 4.98 Å². The Morgan fingerprint density at radius 2 is 2.35 bits per heavy atom. The molecule has 0 bridgehead atoms. The lowest BCUT2D eigenvalue weighted by Crippen LogP contribution is -2.19. The summed E-state index contributed by atoms with van der Waals surface area (Å²) in [5, 5.41) is 10.7. The fourth-order valence-corrected chi connectivity index (χ4v) is 2.05. The van der Waals surface area contributed by atoms with Gasteiger partial charge >= 0.3 is 0 Å². The SMILES string of the molecule is NC1CCC(Oc2ncc([N+](=O)[O-])cc2Cl)C1. The van der Waals surface area contributed by atoms with Crippen molar-refractivity contribution >= 4 is 17.3 Å². The van der Waals surface area contributed by atoms with Crippen LogP contribution < -0.4 is 10.5 Å². The molecule has 2 N–H and O–H groups in total. The second kappa shape index (κ2) is 4.85. The standard InChI is InChI=1S/C10H12ClN3O3/c11-9-4-7(14(15)16)5-13-10(9)17-8-2-1-6(12)3-8/h4-6,8H,1-3,12H2. The molecule has 1 aromatic rings. The maximum absolute atomic E-state index is 10.5. The molecule has 92 valence electrons. The van der Waals surface area contributed by atoms with E-state index in [4.69, 9.17) is 22.1 Å². The predicted molar refractivity (Wildman–Crippen MR) is 62.1 cm³/mol. The van der Waals surface area contributed by atoms with Gasteiger partial charge in [0.1, 0.15) is 17.3 Å². The highest BCUT2D eigenvalue weighted by molar-refractivity contribution is 6.32. The van der Waals surface area contributed by atoms with Gasteiger partial charge in [0.2, 0.25) is 5.88 Å². The minimum atomic E-state index is -0.547. The Hall–Kier alpha value is -1.40. The van der Waals surface area contributed by atoms with Crippen molar-refractivity contribution in [1.29, 1.82) is 0 Å². The Balaban J connectivity index is 2.09. The molecule has 1 aliphatic carbocycles. The highest BCUT2D eigenvalue weighted by atomic mass is 35.5. The second-order valence-corrected chi connectivity index (χ2v) is 4.46. The normalized spacial score (nSPS) is 23.6. The summed E-state index contributed by atoms with van der Waals surface area (Å²) < 4.78 is 5.57. The Labute approximate surface area is 103 Å². The van der Waals surface area contributed by atoms with E-state index >= 15 is 0 Å². The number of ether oxygens (including phenoxy) is 1. The van der Waals surface area contributed by atoms with Crippen LogP contribution in [-0.2, 0) is 0 Å². The zero-order chi connectivity index (χ0) is 12.4. The molecular weight excluding hydrogens is 246 g/mol. The summed E-state index contributed by atoms with van der Waals surface area (Å²) in [7, 11) is 0. The summed E-state index contributed by atoms with van der Waals surface area (Å²) in [4.78, 5) is 13.8. The van der Waals surface area contributed by atoms with E-state index in [9.17, 15) is 10.1 Å². The zero-order valence-corrected chi connectivity index (χ0v) is 9.76. The van der Waals surface area contributed by atoms with Crippen LogP contribution in [0, 0.1) is 10.1 Å². The molecule has 17 heavy (non-hydrogen) atoms. The monoisotopic (exact) mass is 257 g/mol. The number of pyridine rings is 1. The van der Waals surface area contributed by atoms with E-state index in [0.717, 1.165) is 25.5 Å². The van der Waals surface area contributed by atoms with E-state index in [1.54, 1.807) is 0 Å². The summed E-state index contributed by atoms with van der Waals surface area (Å²) in [6, 6.07) is 1.38. The molecule has 1 fully saturated rings. The van der Waals surface area contributed by atoms with Gasteiger partial charge in [-0.2, -0.15) is 0 Å². The van der Waals surface area contributed by atoms with Crippen LogP contribution in [0.25, 0.3) is 0 Å². The van der Waals surface area contributed by atoms with Crippen LogP contribution in [0.2, 0.25) is 5.02 Å². The lowest BCUT2D eigenvalue weighted by Gasteiger charge is -2.12. The smallest absolute Gasteiger partial charge is 0.289 e. The van der Waals surface area contributed by atoms with Crippen LogP contribution in [0.3, 0.4) is 0 Å². The number of nitro groups is 1. The van der Waals surface area contributed by atoms with Crippen LogP contribution in [0.1, 0.15) is 19.3 Å². The van der Waals surface area contributed by atoms with E-state index in [2.05, 4.69) is 4.98 Å². The largest absolute Gasteiger partial charge is 0.473 e. The molecule has 1 heterocycles. The van der Waals surface area contributed by atoms with Crippen molar-refractivity contribution in [2.75, 3.05) is 0 Å². The van der Waals surface area contributed by atoms with E-state index in [1.165, 1.54) is 6.07 Å². The summed E-state index contributed by atoms with van der Waals surface area (Å²) in [6.45, 7) is 0. The van der Waals surface area contributed by atoms with Crippen LogP contribution in [-0.4, -0.2) is 22.1 Å². The van der Waals surface area contributed by atoms with Crippen LogP contribution >= 0.6 is 11.6 Å². The van der Waals surface area contributed by atoms with Gasteiger partial charge in [-0.3, -0.25) is 10.1 Å². The molecule has 1 aliphatic rings. The van der Waals surface area contributed by atoms with E-state index in [0.29, 0.717) is 0 Å². The number of nitrogens with two attached hydrogens (primary N) is 1. The number of hydrogen-bond donors (Lipinski definition) is 1. The zero-order valence-electron chi connectivity index (χ0n) is 9.01. The lowest BCUT2D eigenvalue weighted by atomic mass is 10.3. The molecule has 1 aromatic heterocycles. The molecule has 1 saturated carbocycles. The number of rotatable bonds is 3. The molecule has 2 unspecified atom stereocenters. The lowest BCUT2D eigenvalue weighted by molar-refractivity contribution is -0.385. The first-order valence-electron chi connectivity index (χ1n) is 5.28. The van der Waals surface area contributed by atoms with Crippen molar-refractivity contribution in [3.05, 3.63) is 27.4 Å². The average molecular weight is 258 g/mol. The van der Waals surface area contributed by atoms with Crippen molar-refractivity contribution in [3.63, 3.8) is 0 Å². The van der Waals surface area contributed by atoms with Crippen molar-refractivity contribution < 1.29 is 9.66 Å². The number of aromatic nitrogens is 1. The molecule has 6 nitrogen and oxygen atoms in total. The summed E-state index contributed by atoms with van der Waals surface area (Å²) in [6.07, 6.45) is 3.66. The maximum Gasteiger partial charge on any atom is 0.289 e. The topological polar surface area (TPSA) is 91.3 Å². The quantitative estimate of drug-likeness (QED) is 0.660. The molecule has 0 amide bonds. The van der Waals surface area contributed by atoms with Crippen molar-refractivity contribution in [2.24, 2.45) is 5.73 Å². The van der Waals surface area contributed by atoms with Gasteiger partial charge in [0.25, 0.3) is 5.69 Å². The molecule has 0 aromatic carbocycles. The first-order valence-corrected chi connectivity index (χ1v) is 5.66. The van der Waals surface area contributed by atoms with Gasteiger partial charge in [0.05, 0.1) is 4.92 Å². The second-order valence-electron chi connectivity index (χ2n) is 4.05. The third kappa shape index (κ3) is 2.83. The third-order valence-corrected chi connectivity index (χ3v) is 2.98. The van der Waals surface area contributed by atoms with E-state index in [1.807, 2.05) is 0 Å². The summed E-state index contributed by atoms with van der Waals surface area (Å²) in [5.41, 5.74) is 5.61. The van der Waals surface area contributed by atoms with Gasteiger partial charge in [0, 0.05) is 12.1 Å².